The van der Waals surface area contributed by atoms with E-state index in [-0.39, 0.29) is 16.9 Å². The van der Waals surface area contributed by atoms with Gasteiger partial charge in [0.2, 0.25) is 0 Å². The van der Waals surface area contributed by atoms with Gasteiger partial charge in [0.1, 0.15) is 22.5 Å². The van der Waals surface area contributed by atoms with Crippen LogP contribution in [0.3, 0.4) is 0 Å². The highest BCUT2D eigenvalue weighted by Gasteiger charge is 2.24. The first-order valence-corrected chi connectivity index (χ1v) is 11.4. The Labute approximate surface area is 199 Å². The molecule has 0 unspecified atom stereocenters. The number of rotatable bonds is 5. The number of imide groups is 1. The summed E-state index contributed by atoms with van der Waals surface area (Å²) in [6.07, 6.45) is 1.69. The second-order valence-corrected chi connectivity index (χ2v) is 9.08. The maximum absolute atomic E-state index is 11.7. The summed E-state index contributed by atoms with van der Waals surface area (Å²) >= 11 is 0.895. The summed E-state index contributed by atoms with van der Waals surface area (Å²) < 4.78 is 0. The summed E-state index contributed by atoms with van der Waals surface area (Å²) in [6.45, 7) is 2.44. The number of aryl methyl sites for hydroxylation is 1. The topological polar surface area (TPSA) is 100 Å². The molecule has 5 rings (SSSR count). The molecule has 0 bridgehead atoms. The van der Waals surface area contributed by atoms with Gasteiger partial charge in [-0.15, -0.1) is 15.0 Å². The van der Waals surface area contributed by atoms with Crippen molar-refractivity contribution in [3.63, 3.8) is 0 Å². The summed E-state index contributed by atoms with van der Waals surface area (Å²) in [5, 5.41) is 21.9. The maximum atomic E-state index is 11.7. The molecule has 170 valence electrons. The lowest BCUT2D eigenvalue weighted by molar-refractivity contribution is -0.115. The molecule has 0 atom stereocenters. The van der Waals surface area contributed by atoms with E-state index in [1.807, 2.05) is 79.5 Å². The Hall–Kier alpha value is -4.11. The van der Waals surface area contributed by atoms with Crippen LogP contribution in [-0.2, 0) is 11.3 Å². The molecule has 1 aromatic heterocycles. The van der Waals surface area contributed by atoms with Crippen LogP contribution < -0.4 is 10.2 Å². The predicted molar refractivity (Wildman–Crippen MR) is 133 cm³/mol. The van der Waals surface area contributed by atoms with Crippen LogP contribution in [0.4, 0.5) is 10.5 Å². The fourth-order valence-electron chi connectivity index (χ4n) is 3.82. The number of nitrogens with one attached hydrogen (secondary N) is 1. The van der Waals surface area contributed by atoms with Gasteiger partial charge < -0.3 is 10.0 Å². The third kappa shape index (κ3) is 4.25. The largest absolute Gasteiger partial charge is 0.505 e. The van der Waals surface area contributed by atoms with Crippen molar-refractivity contribution < 1.29 is 14.7 Å². The van der Waals surface area contributed by atoms with Gasteiger partial charge in [0, 0.05) is 24.8 Å². The van der Waals surface area contributed by atoms with E-state index in [0.717, 1.165) is 45.2 Å². The fraction of sp³-hybridized carbons (Fsp3) is 0.120. The number of aromatic hydroxyl groups is 1. The van der Waals surface area contributed by atoms with Crippen LogP contribution in [0, 0.1) is 6.92 Å². The lowest BCUT2D eigenvalue weighted by atomic mass is 10.1. The smallest absolute Gasteiger partial charge is 0.290 e. The van der Waals surface area contributed by atoms with Crippen molar-refractivity contribution >= 4 is 45.7 Å². The molecule has 1 fully saturated rings. The normalized spacial score (nSPS) is 14.7. The molecular formula is C25H21N5O3S. The van der Waals surface area contributed by atoms with E-state index in [1.54, 1.807) is 6.08 Å². The molecular weight excluding hydrogens is 450 g/mol. The van der Waals surface area contributed by atoms with E-state index in [0.29, 0.717) is 17.1 Å². The fourth-order valence-corrected chi connectivity index (χ4v) is 4.50. The summed E-state index contributed by atoms with van der Waals surface area (Å²) in [5.41, 5.74) is 5.55. The van der Waals surface area contributed by atoms with Crippen molar-refractivity contribution in [3.05, 3.63) is 82.3 Å². The molecule has 4 aromatic rings. The molecule has 2 N–H and O–H groups in total. The van der Waals surface area contributed by atoms with Crippen molar-refractivity contribution in [1.82, 2.24) is 20.3 Å². The molecule has 0 spiro atoms. The predicted octanol–water partition coefficient (Wildman–Crippen LogP) is 4.39. The average molecular weight is 472 g/mol. The number of aromatic nitrogens is 3. The number of nitrogens with zero attached hydrogens (tertiary/aromatic N) is 4. The first-order valence-electron chi connectivity index (χ1n) is 10.6. The minimum absolute atomic E-state index is 0.132. The third-order valence-corrected chi connectivity index (χ3v) is 6.31. The number of carbonyl (C=O) groups excluding carboxylic acids is 2. The molecule has 0 aliphatic carbocycles. The van der Waals surface area contributed by atoms with Crippen LogP contribution in [0.2, 0.25) is 0 Å². The van der Waals surface area contributed by atoms with Crippen LogP contribution in [0.25, 0.3) is 22.8 Å². The Balaban J connectivity index is 1.38. The number of anilines is 1. The van der Waals surface area contributed by atoms with Crippen molar-refractivity contribution in [3.8, 4) is 11.4 Å². The molecule has 1 aliphatic heterocycles. The number of phenolic OH excluding ortho intramolecular Hbond substituents is 1. The minimum Gasteiger partial charge on any atom is -0.505 e. The van der Waals surface area contributed by atoms with E-state index in [2.05, 4.69) is 15.5 Å². The number of benzene rings is 3. The van der Waals surface area contributed by atoms with Gasteiger partial charge in [0.25, 0.3) is 11.1 Å². The van der Waals surface area contributed by atoms with Crippen LogP contribution in [0.5, 0.6) is 5.75 Å². The second kappa shape index (κ2) is 8.68. The maximum Gasteiger partial charge on any atom is 0.290 e. The molecule has 9 heteroatoms. The summed E-state index contributed by atoms with van der Waals surface area (Å²) in [5.74, 6) is -0.241. The van der Waals surface area contributed by atoms with Crippen LogP contribution >= 0.6 is 11.8 Å². The minimum atomic E-state index is -0.374. The Morgan fingerprint density at radius 3 is 2.35 bits per heavy atom. The second-order valence-electron chi connectivity index (χ2n) is 8.07. The zero-order valence-corrected chi connectivity index (χ0v) is 19.3. The van der Waals surface area contributed by atoms with E-state index in [4.69, 9.17) is 0 Å². The SMILES string of the molecule is Cc1cc(CN(C)c2ccc(/C=C3\SC(=O)NC3=O)cc2)c(O)c(-n2nc3ccccc3n2)c1. The Morgan fingerprint density at radius 1 is 1.06 bits per heavy atom. The number of hydrogen-bond donors (Lipinski definition) is 2. The van der Waals surface area contributed by atoms with Gasteiger partial charge in [0.15, 0.2) is 0 Å². The zero-order valence-electron chi connectivity index (χ0n) is 18.5. The van der Waals surface area contributed by atoms with E-state index >= 15 is 0 Å². The van der Waals surface area contributed by atoms with Gasteiger partial charge in [-0.2, -0.15) is 0 Å². The van der Waals surface area contributed by atoms with Crippen LogP contribution in [0.15, 0.2) is 65.6 Å². The zero-order chi connectivity index (χ0) is 23.8. The number of phenols is 1. The average Bonchev–Trinajstić information content (AvgIpc) is 3.38. The van der Waals surface area contributed by atoms with Crippen molar-refractivity contribution in [1.29, 1.82) is 0 Å². The molecule has 0 saturated carbocycles. The van der Waals surface area contributed by atoms with Gasteiger partial charge in [-0.3, -0.25) is 14.9 Å². The highest BCUT2D eigenvalue weighted by atomic mass is 32.2. The molecule has 8 nitrogen and oxygen atoms in total. The van der Waals surface area contributed by atoms with Crippen molar-refractivity contribution in [2.45, 2.75) is 13.5 Å². The van der Waals surface area contributed by atoms with Gasteiger partial charge in [-0.05, 0) is 66.2 Å². The highest BCUT2D eigenvalue weighted by Crippen LogP contribution is 2.30. The molecule has 2 heterocycles. The lowest BCUT2D eigenvalue weighted by Crippen LogP contribution is -2.17. The monoisotopic (exact) mass is 471 g/mol. The molecule has 0 radical (unpaired) electrons. The number of carbonyl (C=O) groups is 2. The number of thioether (sulfide) groups is 1. The van der Waals surface area contributed by atoms with Gasteiger partial charge in [-0.25, -0.2) is 0 Å². The molecule has 1 aliphatic rings. The highest BCUT2D eigenvalue weighted by molar-refractivity contribution is 8.18. The summed E-state index contributed by atoms with van der Waals surface area (Å²) in [4.78, 5) is 26.9. The first kappa shape index (κ1) is 21.7. The van der Waals surface area contributed by atoms with Crippen LogP contribution in [0.1, 0.15) is 16.7 Å². The van der Waals surface area contributed by atoms with Crippen molar-refractivity contribution in [2.75, 3.05) is 11.9 Å². The van der Waals surface area contributed by atoms with Crippen molar-refractivity contribution in [2.24, 2.45) is 0 Å². The van der Waals surface area contributed by atoms with E-state index in [1.165, 1.54) is 4.80 Å². The van der Waals surface area contributed by atoms with E-state index in [9.17, 15) is 14.7 Å². The first-order chi connectivity index (χ1) is 16.4. The number of amides is 2. The van der Waals surface area contributed by atoms with Crippen LogP contribution in [-0.4, -0.2) is 38.3 Å². The van der Waals surface area contributed by atoms with Gasteiger partial charge >= 0.3 is 0 Å². The molecule has 1 saturated heterocycles. The van der Waals surface area contributed by atoms with E-state index < -0.39 is 0 Å². The standard InChI is InChI=1S/C25H21N5O3S/c1-15-11-17(23(31)21(12-15)30-27-19-5-3-4-6-20(19)28-30)14-29(2)18-9-7-16(8-10-18)13-22-24(32)26-25(33)34-22/h3-13,31H,14H2,1-2H3,(H,26,32,33)/b22-13-. The summed E-state index contributed by atoms with van der Waals surface area (Å²) in [6, 6.07) is 19.0. The summed E-state index contributed by atoms with van der Waals surface area (Å²) in [7, 11) is 1.94. The van der Waals surface area contributed by atoms with Gasteiger partial charge in [0.05, 0.1) is 4.91 Å². The van der Waals surface area contributed by atoms with Gasteiger partial charge in [-0.1, -0.05) is 30.3 Å². The molecule has 34 heavy (non-hydrogen) atoms. The lowest BCUT2D eigenvalue weighted by Gasteiger charge is -2.21. The Bertz CT molecular complexity index is 1430. The third-order valence-electron chi connectivity index (χ3n) is 5.50. The molecule has 3 aromatic carbocycles. The Morgan fingerprint density at radius 2 is 1.74 bits per heavy atom. The number of hydrogen-bond acceptors (Lipinski definition) is 7. The number of fused-ring (bicyclic) bond motifs is 1. The quantitative estimate of drug-likeness (QED) is 0.416. The Kier molecular flexibility index (Phi) is 5.54. The molecule has 2 amide bonds.